The van der Waals surface area contributed by atoms with Gasteiger partial charge in [-0.05, 0) is 30.5 Å². The smallest absolute Gasteiger partial charge is 0.119 e. The van der Waals surface area contributed by atoms with Crippen LogP contribution in [0.4, 0.5) is 0 Å². The van der Waals surface area contributed by atoms with E-state index in [9.17, 15) is 0 Å². The van der Waals surface area contributed by atoms with E-state index < -0.39 is 0 Å². The van der Waals surface area contributed by atoms with Crippen LogP contribution in [0, 0.1) is 0 Å². The third-order valence-electron chi connectivity index (χ3n) is 2.61. The lowest BCUT2D eigenvalue weighted by Crippen LogP contribution is -2.22. The molecule has 17 heavy (non-hydrogen) atoms. The standard InChI is InChI=1S/C14H23NO2/c1-11(2)13-5-4-6-14(9-13)17-8-7-16-12(3)10-15/h4-6,9,11-12H,7-8,10,15H2,1-3H3. The molecule has 96 valence electrons. The summed E-state index contributed by atoms with van der Waals surface area (Å²) in [6.45, 7) is 7.98. The molecule has 0 saturated heterocycles. The minimum Gasteiger partial charge on any atom is -0.491 e. The average Bonchev–Trinajstić information content (AvgIpc) is 2.34. The molecule has 3 heteroatoms. The van der Waals surface area contributed by atoms with Crippen LogP contribution in [0.1, 0.15) is 32.3 Å². The summed E-state index contributed by atoms with van der Waals surface area (Å²) in [4.78, 5) is 0. The molecule has 0 aliphatic rings. The van der Waals surface area contributed by atoms with E-state index in [4.69, 9.17) is 15.2 Å². The lowest BCUT2D eigenvalue weighted by atomic mass is 10.0. The monoisotopic (exact) mass is 237 g/mol. The quantitative estimate of drug-likeness (QED) is 0.741. The molecule has 1 aromatic rings. The van der Waals surface area contributed by atoms with Crippen LogP contribution in [0.5, 0.6) is 5.75 Å². The molecule has 1 rings (SSSR count). The molecule has 0 bridgehead atoms. The number of hydrogen-bond donors (Lipinski definition) is 1. The highest BCUT2D eigenvalue weighted by molar-refractivity contribution is 5.30. The molecule has 0 amide bonds. The fourth-order valence-electron chi connectivity index (χ4n) is 1.44. The second-order valence-corrected chi connectivity index (χ2v) is 4.49. The van der Waals surface area contributed by atoms with Gasteiger partial charge in [-0.3, -0.25) is 0 Å². The van der Waals surface area contributed by atoms with Gasteiger partial charge in [0, 0.05) is 6.54 Å². The first kappa shape index (κ1) is 14.0. The number of rotatable bonds is 7. The molecule has 0 fully saturated rings. The molecule has 0 aliphatic heterocycles. The van der Waals surface area contributed by atoms with Gasteiger partial charge in [0.2, 0.25) is 0 Å². The lowest BCUT2D eigenvalue weighted by molar-refractivity contribution is 0.0496. The Kier molecular flexibility index (Phi) is 6.01. The van der Waals surface area contributed by atoms with Gasteiger partial charge in [0.05, 0.1) is 12.7 Å². The Morgan fingerprint density at radius 3 is 2.59 bits per heavy atom. The minimum absolute atomic E-state index is 0.0978. The summed E-state index contributed by atoms with van der Waals surface area (Å²) in [6.07, 6.45) is 0.0978. The molecule has 1 aromatic carbocycles. The molecular weight excluding hydrogens is 214 g/mol. The predicted octanol–water partition coefficient (Wildman–Crippen LogP) is 2.55. The Morgan fingerprint density at radius 2 is 1.94 bits per heavy atom. The van der Waals surface area contributed by atoms with Crippen LogP contribution in [0.3, 0.4) is 0 Å². The predicted molar refractivity (Wildman–Crippen MR) is 70.5 cm³/mol. The Balaban J connectivity index is 2.34. The minimum atomic E-state index is 0.0978. The van der Waals surface area contributed by atoms with Crippen molar-refractivity contribution in [2.75, 3.05) is 19.8 Å². The van der Waals surface area contributed by atoms with E-state index in [2.05, 4.69) is 26.0 Å². The number of hydrogen-bond acceptors (Lipinski definition) is 3. The SMILES string of the molecule is CC(CN)OCCOc1cccc(C(C)C)c1. The van der Waals surface area contributed by atoms with Crippen LogP contribution in [-0.4, -0.2) is 25.9 Å². The van der Waals surface area contributed by atoms with Gasteiger partial charge in [0.25, 0.3) is 0 Å². The molecule has 0 aliphatic carbocycles. The molecule has 0 spiro atoms. The van der Waals surface area contributed by atoms with Gasteiger partial charge in [-0.2, -0.15) is 0 Å². The first-order valence-corrected chi connectivity index (χ1v) is 6.18. The maximum absolute atomic E-state index is 5.63. The second kappa shape index (κ2) is 7.30. The Labute approximate surface area is 104 Å². The topological polar surface area (TPSA) is 44.5 Å². The third-order valence-corrected chi connectivity index (χ3v) is 2.61. The third kappa shape index (κ3) is 5.20. The first-order valence-electron chi connectivity index (χ1n) is 6.18. The van der Waals surface area contributed by atoms with Crippen molar-refractivity contribution >= 4 is 0 Å². The van der Waals surface area contributed by atoms with Crippen LogP contribution in [0.2, 0.25) is 0 Å². The van der Waals surface area contributed by atoms with Crippen LogP contribution in [0.25, 0.3) is 0 Å². The van der Waals surface area contributed by atoms with Crippen molar-refractivity contribution < 1.29 is 9.47 Å². The van der Waals surface area contributed by atoms with E-state index in [1.807, 2.05) is 19.1 Å². The molecule has 1 atom stereocenters. The molecular formula is C14H23NO2. The van der Waals surface area contributed by atoms with Crippen molar-refractivity contribution in [3.8, 4) is 5.75 Å². The number of ether oxygens (including phenoxy) is 2. The van der Waals surface area contributed by atoms with Crippen LogP contribution >= 0.6 is 0 Å². The van der Waals surface area contributed by atoms with Crippen molar-refractivity contribution in [2.45, 2.75) is 32.8 Å². The zero-order valence-corrected chi connectivity index (χ0v) is 11.0. The Bertz CT molecular complexity index is 326. The summed E-state index contributed by atoms with van der Waals surface area (Å²) in [5.41, 5.74) is 6.74. The molecule has 2 N–H and O–H groups in total. The summed E-state index contributed by atoms with van der Waals surface area (Å²) < 4.78 is 11.1. The second-order valence-electron chi connectivity index (χ2n) is 4.49. The zero-order chi connectivity index (χ0) is 12.7. The molecule has 0 radical (unpaired) electrons. The Hall–Kier alpha value is -1.06. The normalized spacial score (nSPS) is 12.8. The summed E-state index contributed by atoms with van der Waals surface area (Å²) in [6, 6.07) is 8.19. The van der Waals surface area contributed by atoms with Crippen LogP contribution in [-0.2, 0) is 4.74 Å². The highest BCUT2D eigenvalue weighted by Gasteiger charge is 2.02. The lowest BCUT2D eigenvalue weighted by Gasteiger charge is -2.12. The van der Waals surface area contributed by atoms with E-state index >= 15 is 0 Å². The van der Waals surface area contributed by atoms with Gasteiger partial charge in [-0.25, -0.2) is 0 Å². The first-order chi connectivity index (χ1) is 8.13. The van der Waals surface area contributed by atoms with Gasteiger partial charge in [0.15, 0.2) is 0 Å². The van der Waals surface area contributed by atoms with Crippen LogP contribution < -0.4 is 10.5 Å². The van der Waals surface area contributed by atoms with E-state index in [0.29, 0.717) is 25.7 Å². The largest absolute Gasteiger partial charge is 0.491 e. The van der Waals surface area contributed by atoms with Gasteiger partial charge in [-0.1, -0.05) is 26.0 Å². The maximum atomic E-state index is 5.63. The van der Waals surface area contributed by atoms with Crippen molar-refractivity contribution in [3.63, 3.8) is 0 Å². The zero-order valence-electron chi connectivity index (χ0n) is 11.0. The molecule has 1 unspecified atom stereocenters. The van der Waals surface area contributed by atoms with Crippen molar-refractivity contribution in [2.24, 2.45) is 5.73 Å². The number of benzene rings is 1. The van der Waals surface area contributed by atoms with Gasteiger partial charge >= 0.3 is 0 Å². The summed E-state index contributed by atoms with van der Waals surface area (Å²) in [5.74, 6) is 1.42. The van der Waals surface area contributed by atoms with Crippen molar-refractivity contribution in [1.82, 2.24) is 0 Å². The Morgan fingerprint density at radius 1 is 1.18 bits per heavy atom. The van der Waals surface area contributed by atoms with Gasteiger partial charge in [0.1, 0.15) is 12.4 Å². The fraction of sp³-hybridized carbons (Fsp3) is 0.571. The highest BCUT2D eigenvalue weighted by atomic mass is 16.5. The van der Waals surface area contributed by atoms with Crippen molar-refractivity contribution in [1.29, 1.82) is 0 Å². The summed E-state index contributed by atoms with van der Waals surface area (Å²) in [7, 11) is 0. The van der Waals surface area contributed by atoms with Gasteiger partial charge < -0.3 is 15.2 Å². The summed E-state index contributed by atoms with van der Waals surface area (Å²) in [5, 5.41) is 0. The number of nitrogens with two attached hydrogens (primary N) is 1. The van der Waals surface area contributed by atoms with E-state index in [1.54, 1.807) is 0 Å². The van der Waals surface area contributed by atoms with Gasteiger partial charge in [-0.15, -0.1) is 0 Å². The van der Waals surface area contributed by atoms with Crippen LogP contribution in [0.15, 0.2) is 24.3 Å². The molecule has 3 nitrogen and oxygen atoms in total. The summed E-state index contributed by atoms with van der Waals surface area (Å²) >= 11 is 0. The average molecular weight is 237 g/mol. The van der Waals surface area contributed by atoms with E-state index in [0.717, 1.165) is 5.75 Å². The highest BCUT2D eigenvalue weighted by Crippen LogP contribution is 2.19. The molecule has 0 heterocycles. The van der Waals surface area contributed by atoms with E-state index in [1.165, 1.54) is 5.56 Å². The maximum Gasteiger partial charge on any atom is 0.119 e. The van der Waals surface area contributed by atoms with E-state index in [-0.39, 0.29) is 6.10 Å². The molecule has 0 aromatic heterocycles. The molecule has 0 saturated carbocycles. The van der Waals surface area contributed by atoms with Crippen molar-refractivity contribution in [3.05, 3.63) is 29.8 Å². The fourth-order valence-corrected chi connectivity index (χ4v) is 1.44.